The Labute approximate surface area is 349 Å². The average molecular weight is 836 g/mol. The number of cyclic esters (lactones) is 1. The van der Waals surface area contributed by atoms with Crippen LogP contribution in [0.3, 0.4) is 0 Å². The number of hydrogen-bond donors (Lipinski definition) is 3. The molecule has 0 spiro atoms. The van der Waals surface area contributed by atoms with Crippen LogP contribution in [-0.2, 0) is 42.9 Å². The van der Waals surface area contributed by atoms with E-state index in [0.717, 1.165) is 4.90 Å². The van der Waals surface area contributed by atoms with Crippen LogP contribution in [0.2, 0.25) is 0 Å². The Morgan fingerprint density at radius 2 is 1.68 bits per heavy atom. The van der Waals surface area contributed by atoms with Crippen molar-refractivity contribution in [2.24, 2.45) is 29.6 Å². The summed E-state index contributed by atoms with van der Waals surface area (Å²) in [5.41, 5.74) is 0.932. The highest BCUT2D eigenvalue weighted by Crippen LogP contribution is 2.39. The fourth-order valence-corrected chi connectivity index (χ4v) is 9.41. The minimum atomic E-state index is -2.61. The second kappa shape index (κ2) is 21.8. The highest BCUT2D eigenvalue weighted by atomic mass is 19.1. The monoisotopic (exact) mass is 835 g/mol. The van der Waals surface area contributed by atoms with Crippen LogP contribution < -0.4 is 0 Å². The molecule has 59 heavy (non-hydrogen) atoms. The number of Topliss-reactive ketones (excluding diaryl/α,β-unsaturated/α-hetero) is 2. The van der Waals surface area contributed by atoms with Gasteiger partial charge in [-0.3, -0.25) is 14.4 Å². The van der Waals surface area contributed by atoms with Gasteiger partial charge in [-0.2, -0.15) is 0 Å². The van der Waals surface area contributed by atoms with E-state index in [0.29, 0.717) is 49.7 Å². The quantitative estimate of drug-likeness (QED) is 0.170. The van der Waals surface area contributed by atoms with E-state index in [2.05, 4.69) is 6.58 Å². The van der Waals surface area contributed by atoms with E-state index in [9.17, 15) is 34.5 Å². The van der Waals surface area contributed by atoms with Crippen LogP contribution in [0.1, 0.15) is 106 Å². The van der Waals surface area contributed by atoms with Crippen LogP contribution in [0.15, 0.2) is 36.0 Å². The molecule has 14 heteroatoms. The van der Waals surface area contributed by atoms with E-state index in [1.54, 1.807) is 46.8 Å². The van der Waals surface area contributed by atoms with Gasteiger partial charge < -0.3 is 43.9 Å². The number of ether oxygens (including phenoxy) is 5. The zero-order valence-electron chi connectivity index (χ0n) is 36.3. The summed E-state index contributed by atoms with van der Waals surface area (Å²) in [7, 11) is 2.87. The van der Waals surface area contributed by atoms with Gasteiger partial charge in [0.15, 0.2) is 0 Å². The first-order valence-corrected chi connectivity index (χ1v) is 21.6. The minimum Gasteiger partial charge on any atom is -0.456 e. The zero-order valence-corrected chi connectivity index (χ0v) is 36.3. The number of fused-ring (bicyclic) bond motifs is 3. The molecule has 3 N–H and O–H groups in total. The number of ketones is 2. The lowest BCUT2D eigenvalue weighted by atomic mass is 9.81. The Hall–Kier alpha value is -2.85. The molecule has 3 aliphatic heterocycles. The molecule has 3 fully saturated rings. The fourth-order valence-electron chi connectivity index (χ4n) is 9.41. The predicted molar refractivity (Wildman–Crippen MR) is 217 cm³/mol. The Balaban J connectivity index is 1.78. The molecule has 4 aliphatic rings. The molecule has 0 aromatic rings. The van der Waals surface area contributed by atoms with Crippen molar-refractivity contribution in [2.75, 3.05) is 27.4 Å². The number of methoxy groups -OCH3 is 2. The largest absolute Gasteiger partial charge is 0.456 e. The molecular formula is C45H70FNO12. The maximum absolute atomic E-state index is 16.2. The Bertz CT molecular complexity index is 1540. The number of alkyl halides is 1. The van der Waals surface area contributed by atoms with Gasteiger partial charge in [0.2, 0.25) is 5.79 Å². The second-order valence-corrected chi connectivity index (χ2v) is 17.5. The van der Waals surface area contributed by atoms with Crippen LogP contribution in [0.5, 0.6) is 0 Å². The number of hydrogen-bond acceptors (Lipinski definition) is 12. The van der Waals surface area contributed by atoms with Crippen molar-refractivity contribution in [3.05, 3.63) is 36.0 Å². The van der Waals surface area contributed by atoms with Gasteiger partial charge >= 0.3 is 5.97 Å². The van der Waals surface area contributed by atoms with Crippen molar-refractivity contribution in [3.8, 4) is 0 Å². The number of rotatable bonds is 8. The summed E-state index contributed by atoms with van der Waals surface area (Å²) in [5, 5.41) is 34.3. The third-order valence-corrected chi connectivity index (χ3v) is 13.2. The number of nitrogens with zero attached hydrogens (tertiary/aromatic N) is 1. The number of halogens is 1. The molecule has 2 bridgehead atoms. The van der Waals surface area contributed by atoms with Crippen LogP contribution in [0, 0.1) is 29.6 Å². The van der Waals surface area contributed by atoms with Gasteiger partial charge in [0.1, 0.15) is 30.2 Å². The first-order valence-electron chi connectivity index (χ1n) is 21.6. The maximum Gasteiger partial charge on any atom is 0.329 e. The van der Waals surface area contributed by atoms with Crippen molar-refractivity contribution in [3.63, 3.8) is 0 Å². The summed E-state index contributed by atoms with van der Waals surface area (Å²) in [6, 6.07) is -1.19. The summed E-state index contributed by atoms with van der Waals surface area (Å²) in [6.07, 6.45) is 0.774. The molecule has 0 radical (unpaired) electrons. The molecule has 15 atom stereocenters. The number of carbonyl (C=O) groups excluding carboxylic acids is 4. The molecule has 4 rings (SSSR count). The van der Waals surface area contributed by atoms with Gasteiger partial charge in [-0.15, -0.1) is 6.58 Å². The zero-order chi connectivity index (χ0) is 43.8. The molecule has 0 aromatic carbocycles. The number of carbonyl (C=O) groups is 4. The van der Waals surface area contributed by atoms with E-state index >= 15 is 4.39 Å². The van der Waals surface area contributed by atoms with Gasteiger partial charge in [-0.1, -0.05) is 45.9 Å². The van der Waals surface area contributed by atoms with Crippen molar-refractivity contribution < 1.29 is 62.6 Å². The molecule has 15 unspecified atom stereocenters. The first-order chi connectivity index (χ1) is 27.9. The van der Waals surface area contributed by atoms with E-state index in [1.165, 1.54) is 14.2 Å². The van der Waals surface area contributed by atoms with Crippen molar-refractivity contribution in [2.45, 2.75) is 166 Å². The average Bonchev–Trinajstić information content (AvgIpc) is 3.22. The lowest BCUT2D eigenvalue weighted by Crippen LogP contribution is -2.64. The summed E-state index contributed by atoms with van der Waals surface area (Å²) < 4.78 is 46.0. The molecule has 3 heterocycles. The third-order valence-electron chi connectivity index (χ3n) is 13.2. The van der Waals surface area contributed by atoms with Gasteiger partial charge in [0.25, 0.3) is 11.7 Å². The first kappa shape index (κ1) is 48.8. The third kappa shape index (κ3) is 11.5. The maximum atomic E-state index is 16.2. The van der Waals surface area contributed by atoms with E-state index in [4.69, 9.17) is 23.7 Å². The number of piperidine rings is 1. The second-order valence-electron chi connectivity index (χ2n) is 17.5. The van der Waals surface area contributed by atoms with Crippen LogP contribution in [0.4, 0.5) is 4.39 Å². The number of aliphatic hydroxyl groups excluding tert-OH is 2. The molecule has 13 nitrogen and oxygen atoms in total. The van der Waals surface area contributed by atoms with E-state index in [1.807, 2.05) is 13.0 Å². The van der Waals surface area contributed by atoms with Gasteiger partial charge in [0.05, 0.1) is 37.1 Å². The molecule has 1 saturated carbocycles. The van der Waals surface area contributed by atoms with Crippen LogP contribution >= 0.6 is 0 Å². The Morgan fingerprint density at radius 3 is 2.32 bits per heavy atom. The fraction of sp³-hybridized carbons (Fsp3) is 0.778. The minimum absolute atomic E-state index is 0.0441. The standard InChI is InChI=1S/C45H70FNO12/c1-10-18-57-36-23-30(15-16-33(36)48)19-27(5)40-29(7)34(49)24-35(50)31(11-2)20-25(3)39(46)26(4)21-37(55-8)41-38(56-9)22-28(6)45(54,59-41)42(51)43(52)47-17-13-12-14-32(47)44(53)58-40/h10,19-20,26,28-34,36-41,48-49,54H,1,11-18,21-24H2,2-9H3. The number of aliphatic hydroxyl groups is 3. The Morgan fingerprint density at radius 1 is 1.00 bits per heavy atom. The number of allylic oxidation sites excluding steroid dienone is 3. The van der Waals surface area contributed by atoms with Gasteiger partial charge in [-0.25, -0.2) is 9.18 Å². The smallest absolute Gasteiger partial charge is 0.329 e. The van der Waals surface area contributed by atoms with Crippen LogP contribution in [0.25, 0.3) is 0 Å². The van der Waals surface area contributed by atoms with Crippen molar-refractivity contribution in [1.29, 1.82) is 0 Å². The Kier molecular flexibility index (Phi) is 18.0. The van der Waals surface area contributed by atoms with Crippen LogP contribution in [-0.4, -0.2) is 132 Å². The molecule has 1 amide bonds. The van der Waals surface area contributed by atoms with Crippen molar-refractivity contribution >= 4 is 23.4 Å². The topological polar surface area (TPSA) is 178 Å². The number of amides is 1. The lowest BCUT2D eigenvalue weighted by Gasteiger charge is -2.47. The van der Waals surface area contributed by atoms with E-state index in [-0.39, 0.29) is 50.5 Å². The summed E-state index contributed by atoms with van der Waals surface area (Å²) in [5.74, 6) is -9.19. The van der Waals surface area contributed by atoms with Crippen molar-refractivity contribution in [1.82, 2.24) is 4.90 Å². The molecule has 334 valence electrons. The lowest BCUT2D eigenvalue weighted by molar-refractivity contribution is -0.302. The normalized spacial score (nSPS) is 40.4. The molecule has 0 aromatic heterocycles. The molecule has 1 aliphatic carbocycles. The SMILES string of the molecule is C=CCOC1CC(C=C(C)C2OC(=O)C3CCCCN3C(=O)C(=O)C3(O)OC(C(OC)CC(C)C(F)C(C)=CC(CC)C(=O)CC(O)C2C)C(OC)CC3C)CCC1O. The summed E-state index contributed by atoms with van der Waals surface area (Å²) in [6.45, 7) is 14.2. The molecule has 2 saturated heterocycles. The van der Waals surface area contributed by atoms with Gasteiger partial charge in [-0.05, 0) is 94.6 Å². The highest BCUT2D eigenvalue weighted by molar-refractivity contribution is 6.39. The van der Waals surface area contributed by atoms with E-state index < -0.39 is 102 Å². The highest BCUT2D eigenvalue weighted by Gasteiger charge is 2.57. The summed E-state index contributed by atoms with van der Waals surface area (Å²) >= 11 is 0. The predicted octanol–water partition coefficient (Wildman–Crippen LogP) is 4.98. The number of esters is 1. The molecular weight excluding hydrogens is 765 g/mol. The summed E-state index contributed by atoms with van der Waals surface area (Å²) in [4.78, 5) is 57.7. The van der Waals surface area contributed by atoms with Gasteiger partial charge in [0, 0.05) is 44.9 Å².